The number of halogens is 1. The Kier molecular flexibility index (Phi) is 4.73. The number of anilines is 1. The van der Waals surface area contributed by atoms with Crippen molar-refractivity contribution in [1.82, 2.24) is 4.72 Å². The molecule has 2 aliphatic heterocycles. The maximum Gasteiger partial charge on any atom is 0.243 e. The van der Waals surface area contributed by atoms with Crippen molar-refractivity contribution in [1.29, 1.82) is 0 Å². The van der Waals surface area contributed by atoms with Gasteiger partial charge in [-0.25, -0.2) is 13.1 Å². The number of amides is 1. The lowest BCUT2D eigenvalue weighted by Gasteiger charge is -2.27. The predicted octanol–water partition coefficient (Wildman–Crippen LogP) is 2.64. The minimum atomic E-state index is -3.83. The molecule has 2 aliphatic rings. The molecule has 0 bridgehead atoms. The molecule has 2 aromatic rings. The second kappa shape index (κ2) is 6.92. The van der Waals surface area contributed by atoms with Crippen molar-refractivity contribution in [2.75, 3.05) is 18.1 Å². The highest BCUT2D eigenvalue weighted by molar-refractivity contribution is 9.10. The maximum absolute atomic E-state index is 13.2. The fourth-order valence-corrected chi connectivity index (χ4v) is 5.83. The second-order valence-electron chi connectivity index (χ2n) is 6.77. The standard InChI is InChI=1S/C19H19BrN2O4S/c1-12(23)22-7-6-14-8-15(20)10-18(19(14)22)27(24,25)21-16-9-13-4-2-3-5-17(13)26-11-16/h2-5,8,10,16,21H,6-7,9,11H2,1H3/t16-/m1/s1. The fraction of sp³-hybridized carbons (Fsp3) is 0.316. The average molecular weight is 451 g/mol. The number of ether oxygens (including phenoxy) is 1. The molecule has 0 aromatic heterocycles. The number of hydrogen-bond donors (Lipinski definition) is 1. The van der Waals surface area contributed by atoms with E-state index in [4.69, 9.17) is 4.74 Å². The van der Waals surface area contributed by atoms with E-state index < -0.39 is 10.0 Å². The fourth-order valence-electron chi connectivity index (χ4n) is 3.68. The largest absolute Gasteiger partial charge is 0.492 e. The highest BCUT2D eigenvalue weighted by Gasteiger charge is 2.33. The normalized spacial score (nSPS) is 18.6. The van der Waals surface area contributed by atoms with Gasteiger partial charge in [-0.3, -0.25) is 4.79 Å². The van der Waals surface area contributed by atoms with Crippen molar-refractivity contribution < 1.29 is 17.9 Å². The highest BCUT2D eigenvalue weighted by Crippen LogP contribution is 2.37. The van der Waals surface area contributed by atoms with E-state index in [2.05, 4.69) is 20.7 Å². The first-order valence-electron chi connectivity index (χ1n) is 8.69. The first kappa shape index (κ1) is 18.5. The Hall–Kier alpha value is -1.90. The molecular formula is C19H19BrN2O4S. The van der Waals surface area contributed by atoms with Crippen LogP contribution in [-0.4, -0.2) is 33.5 Å². The van der Waals surface area contributed by atoms with Crippen molar-refractivity contribution >= 4 is 37.5 Å². The Bertz CT molecular complexity index is 1020. The monoisotopic (exact) mass is 450 g/mol. The molecule has 1 N–H and O–H groups in total. The predicted molar refractivity (Wildman–Crippen MR) is 106 cm³/mol. The lowest BCUT2D eigenvalue weighted by molar-refractivity contribution is -0.116. The van der Waals surface area contributed by atoms with E-state index in [-0.39, 0.29) is 23.5 Å². The Balaban J connectivity index is 1.67. The molecule has 0 saturated heterocycles. The third-order valence-corrected chi connectivity index (χ3v) is 6.86. The third kappa shape index (κ3) is 3.49. The van der Waals surface area contributed by atoms with Crippen LogP contribution in [0.2, 0.25) is 0 Å². The van der Waals surface area contributed by atoms with E-state index >= 15 is 0 Å². The van der Waals surface area contributed by atoms with Crippen LogP contribution >= 0.6 is 15.9 Å². The van der Waals surface area contributed by atoms with E-state index in [0.717, 1.165) is 16.9 Å². The quantitative estimate of drug-likeness (QED) is 0.779. The number of carbonyl (C=O) groups is 1. The maximum atomic E-state index is 13.2. The van der Waals surface area contributed by atoms with E-state index in [9.17, 15) is 13.2 Å². The molecule has 27 heavy (non-hydrogen) atoms. The number of benzene rings is 2. The minimum Gasteiger partial charge on any atom is -0.492 e. The number of nitrogens with zero attached hydrogens (tertiary/aromatic N) is 1. The van der Waals surface area contributed by atoms with Gasteiger partial charge in [0.2, 0.25) is 15.9 Å². The average Bonchev–Trinajstić information content (AvgIpc) is 3.04. The zero-order valence-corrected chi connectivity index (χ0v) is 17.1. The van der Waals surface area contributed by atoms with Crippen LogP contribution in [0.5, 0.6) is 5.75 Å². The van der Waals surface area contributed by atoms with Crippen molar-refractivity contribution in [3.63, 3.8) is 0 Å². The summed E-state index contributed by atoms with van der Waals surface area (Å²) < 4.78 is 35.5. The highest BCUT2D eigenvalue weighted by atomic mass is 79.9. The summed E-state index contributed by atoms with van der Waals surface area (Å²) in [6, 6.07) is 10.7. The number of hydrogen-bond acceptors (Lipinski definition) is 4. The molecule has 1 amide bonds. The molecule has 8 heteroatoms. The van der Waals surface area contributed by atoms with Crippen LogP contribution in [0.3, 0.4) is 0 Å². The van der Waals surface area contributed by atoms with Crippen molar-refractivity contribution in [2.24, 2.45) is 0 Å². The number of para-hydroxylation sites is 1. The Labute approximate surface area is 166 Å². The van der Waals surface area contributed by atoms with E-state index in [1.54, 1.807) is 6.07 Å². The summed E-state index contributed by atoms with van der Waals surface area (Å²) in [6.07, 6.45) is 1.19. The van der Waals surface area contributed by atoms with Crippen LogP contribution in [0, 0.1) is 0 Å². The van der Waals surface area contributed by atoms with E-state index in [1.165, 1.54) is 11.8 Å². The van der Waals surface area contributed by atoms with Crippen molar-refractivity contribution in [2.45, 2.75) is 30.7 Å². The Morgan fingerprint density at radius 2 is 2.04 bits per heavy atom. The number of carbonyl (C=O) groups excluding carboxylic acids is 1. The molecule has 0 saturated carbocycles. The van der Waals surface area contributed by atoms with Gasteiger partial charge < -0.3 is 9.64 Å². The smallest absolute Gasteiger partial charge is 0.243 e. The number of fused-ring (bicyclic) bond motifs is 2. The van der Waals surface area contributed by atoms with Gasteiger partial charge in [-0.1, -0.05) is 34.1 Å². The SMILES string of the molecule is CC(=O)N1CCc2cc(Br)cc(S(=O)(=O)N[C@H]3COc4ccccc4C3)c21. The van der Waals surface area contributed by atoms with Crippen LogP contribution in [0.25, 0.3) is 0 Å². The van der Waals surface area contributed by atoms with Gasteiger partial charge >= 0.3 is 0 Å². The molecule has 2 aromatic carbocycles. The van der Waals surface area contributed by atoms with Gasteiger partial charge in [0.1, 0.15) is 17.3 Å². The lowest BCUT2D eigenvalue weighted by Crippen LogP contribution is -2.43. The van der Waals surface area contributed by atoms with Gasteiger partial charge in [-0.2, -0.15) is 0 Å². The summed E-state index contributed by atoms with van der Waals surface area (Å²) in [7, 11) is -3.83. The molecule has 6 nitrogen and oxygen atoms in total. The lowest BCUT2D eigenvalue weighted by atomic mass is 10.0. The summed E-state index contributed by atoms with van der Waals surface area (Å²) in [5.74, 6) is 0.626. The second-order valence-corrected chi connectivity index (χ2v) is 9.37. The molecule has 2 heterocycles. The molecule has 0 aliphatic carbocycles. The first-order valence-corrected chi connectivity index (χ1v) is 11.0. The van der Waals surface area contributed by atoms with E-state index in [1.807, 2.05) is 30.3 Å². The van der Waals surface area contributed by atoms with Gasteiger partial charge in [0, 0.05) is 17.9 Å². The number of nitrogens with one attached hydrogen (secondary N) is 1. The third-order valence-electron chi connectivity index (χ3n) is 4.86. The molecule has 0 fully saturated rings. The van der Waals surface area contributed by atoms with Crippen molar-refractivity contribution in [3.05, 3.63) is 52.0 Å². The summed E-state index contributed by atoms with van der Waals surface area (Å²) in [5.41, 5.74) is 2.31. The first-order chi connectivity index (χ1) is 12.8. The summed E-state index contributed by atoms with van der Waals surface area (Å²) in [6.45, 7) is 2.21. The number of rotatable bonds is 3. The molecule has 4 rings (SSSR count). The van der Waals surface area contributed by atoms with Gasteiger partial charge in [0.05, 0.1) is 11.7 Å². The molecule has 142 valence electrons. The van der Waals surface area contributed by atoms with Crippen LogP contribution in [0.4, 0.5) is 5.69 Å². The topological polar surface area (TPSA) is 75.7 Å². The van der Waals surface area contributed by atoms with Gasteiger partial charge in [0.25, 0.3) is 0 Å². The van der Waals surface area contributed by atoms with Gasteiger partial charge in [-0.05, 0) is 42.2 Å². The summed E-state index contributed by atoms with van der Waals surface area (Å²) >= 11 is 3.39. The van der Waals surface area contributed by atoms with Crippen LogP contribution in [0.1, 0.15) is 18.1 Å². The molecule has 0 radical (unpaired) electrons. The molecule has 1 atom stereocenters. The minimum absolute atomic E-state index is 0.124. The summed E-state index contributed by atoms with van der Waals surface area (Å²) in [4.78, 5) is 13.6. The number of sulfonamides is 1. The van der Waals surface area contributed by atoms with Gasteiger partial charge in [-0.15, -0.1) is 0 Å². The molecular weight excluding hydrogens is 432 g/mol. The zero-order chi connectivity index (χ0) is 19.2. The Morgan fingerprint density at radius 3 is 2.81 bits per heavy atom. The molecule has 0 spiro atoms. The van der Waals surface area contributed by atoms with Crippen LogP contribution < -0.4 is 14.4 Å². The van der Waals surface area contributed by atoms with Crippen molar-refractivity contribution in [3.8, 4) is 5.75 Å². The van der Waals surface area contributed by atoms with Gasteiger partial charge in [0.15, 0.2) is 0 Å². The van der Waals surface area contributed by atoms with Crippen LogP contribution in [0.15, 0.2) is 45.8 Å². The van der Waals surface area contributed by atoms with Crippen LogP contribution in [-0.2, 0) is 27.7 Å². The molecule has 0 unspecified atom stereocenters. The summed E-state index contributed by atoms with van der Waals surface area (Å²) in [5, 5.41) is 0. The zero-order valence-electron chi connectivity index (χ0n) is 14.7. The van der Waals surface area contributed by atoms with E-state index in [0.29, 0.717) is 29.5 Å². The Morgan fingerprint density at radius 1 is 1.26 bits per heavy atom.